The average Bonchev–Trinajstić information content (AvgIpc) is 2.71. The number of pyridine rings is 1. The number of nitrogens with zero attached hydrogens (tertiary/aromatic N) is 2. The van der Waals surface area contributed by atoms with Crippen molar-refractivity contribution in [3.05, 3.63) is 56.2 Å². The van der Waals surface area contributed by atoms with Gasteiger partial charge in [-0.25, -0.2) is 4.98 Å². The van der Waals surface area contributed by atoms with Crippen LogP contribution >= 0.6 is 23.2 Å². The van der Waals surface area contributed by atoms with Crippen molar-refractivity contribution >= 4 is 40.5 Å². The number of benzene rings is 1. The molecule has 4 aliphatic carbocycles. The Morgan fingerprint density at radius 2 is 1.74 bits per heavy atom. The molecule has 0 aliphatic heterocycles. The summed E-state index contributed by atoms with van der Waals surface area (Å²) in [6.07, 6.45) is 7.92. The van der Waals surface area contributed by atoms with E-state index in [4.69, 9.17) is 27.9 Å². The second-order valence-corrected chi connectivity index (χ2v) is 9.71. The van der Waals surface area contributed by atoms with E-state index >= 15 is 0 Å². The molecule has 1 aromatic heterocycles. The maximum Gasteiger partial charge on any atom is 0.270 e. The van der Waals surface area contributed by atoms with Gasteiger partial charge in [-0.05, 0) is 67.9 Å². The van der Waals surface area contributed by atoms with E-state index in [1.165, 1.54) is 50.4 Å². The van der Waals surface area contributed by atoms with Gasteiger partial charge in [0, 0.05) is 12.1 Å². The number of aromatic nitrogens is 1. The normalized spacial score (nSPS) is 28.4. The number of nitro benzene ring substituents is 1. The van der Waals surface area contributed by atoms with E-state index in [1.807, 2.05) is 0 Å². The minimum Gasteiger partial charge on any atom is -0.473 e. The van der Waals surface area contributed by atoms with Gasteiger partial charge in [0.25, 0.3) is 11.6 Å². The summed E-state index contributed by atoms with van der Waals surface area (Å²) in [6, 6.07) is 5.27. The second-order valence-electron chi connectivity index (χ2n) is 8.90. The molecule has 0 radical (unpaired) electrons. The highest BCUT2D eigenvalue weighted by molar-refractivity contribution is 6.34. The largest absolute Gasteiger partial charge is 0.473 e. The Bertz CT molecular complexity index is 1030. The summed E-state index contributed by atoms with van der Waals surface area (Å²) in [7, 11) is 0. The fourth-order valence-electron chi connectivity index (χ4n) is 5.78. The number of ether oxygens (including phenoxy) is 1. The van der Waals surface area contributed by atoms with Crippen molar-refractivity contribution < 1.29 is 14.5 Å². The van der Waals surface area contributed by atoms with Crippen LogP contribution in [-0.2, 0) is 0 Å². The first kappa shape index (κ1) is 20.5. The summed E-state index contributed by atoms with van der Waals surface area (Å²) in [5.41, 5.74) is 0.140. The Morgan fingerprint density at radius 1 is 1.06 bits per heavy atom. The molecule has 162 valence electrons. The molecule has 4 saturated carbocycles. The van der Waals surface area contributed by atoms with Crippen LogP contribution < -0.4 is 10.1 Å². The lowest BCUT2D eigenvalue weighted by molar-refractivity contribution is -0.384. The predicted molar refractivity (Wildman–Crippen MR) is 117 cm³/mol. The van der Waals surface area contributed by atoms with E-state index in [0.29, 0.717) is 28.4 Å². The number of non-ortho nitro benzene ring substituents is 1. The first-order valence-corrected chi connectivity index (χ1v) is 11.2. The Balaban J connectivity index is 1.29. The first-order valence-electron chi connectivity index (χ1n) is 10.4. The number of carbonyl (C=O) groups excluding carboxylic acids is 1. The summed E-state index contributed by atoms with van der Waals surface area (Å²) in [6.45, 7) is 0. The van der Waals surface area contributed by atoms with E-state index in [0.717, 1.165) is 17.9 Å². The summed E-state index contributed by atoms with van der Waals surface area (Å²) in [5.74, 6) is 2.65. The SMILES string of the molecule is O=C(Nc1cnc(OC2C3CC4CC(C3)CC2C4)c(Cl)c1)c1cc([N+](=O)[O-])ccc1Cl. The van der Waals surface area contributed by atoms with Gasteiger partial charge in [-0.1, -0.05) is 23.2 Å². The zero-order valence-electron chi connectivity index (χ0n) is 16.6. The first-order chi connectivity index (χ1) is 14.9. The van der Waals surface area contributed by atoms with Gasteiger partial charge in [-0.15, -0.1) is 0 Å². The highest BCUT2D eigenvalue weighted by Crippen LogP contribution is 2.54. The Morgan fingerprint density at radius 3 is 2.35 bits per heavy atom. The van der Waals surface area contributed by atoms with Gasteiger partial charge >= 0.3 is 0 Å². The molecule has 0 atom stereocenters. The topological polar surface area (TPSA) is 94.4 Å². The van der Waals surface area contributed by atoms with Gasteiger partial charge in [0.15, 0.2) is 0 Å². The zero-order chi connectivity index (χ0) is 21.7. The number of amides is 1. The molecule has 6 rings (SSSR count). The molecule has 0 unspecified atom stereocenters. The van der Waals surface area contributed by atoms with E-state index in [2.05, 4.69) is 10.3 Å². The number of anilines is 1. The molecular weight excluding hydrogens is 441 g/mol. The monoisotopic (exact) mass is 461 g/mol. The number of carbonyl (C=O) groups is 1. The predicted octanol–water partition coefficient (Wildman–Crippen LogP) is 5.75. The van der Waals surface area contributed by atoms with Crippen LogP contribution in [0.4, 0.5) is 11.4 Å². The fourth-order valence-corrected chi connectivity index (χ4v) is 6.19. The highest BCUT2D eigenvalue weighted by Gasteiger charge is 2.49. The molecule has 4 fully saturated rings. The van der Waals surface area contributed by atoms with Gasteiger partial charge in [0.2, 0.25) is 5.88 Å². The molecule has 9 heteroatoms. The van der Waals surface area contributed by atoms with Crippen molar-refractivity contribution in [2.24, 2.45) is 23.7 Å². The molecule has 4 aliphatic rings. The van der Waals surface area contributed by atoms with Gasteiger partial charge in [-0.2, -0.15) is 0 Å². The van der Waals surface area contributed by atoms with Gasteiger partial charge in [0.05, 0.1) is 27.4 Å². The van der Waals surface area contributed by atoms with Crippen molar-refractivity contribution in [1.82, 2.24) is 4.98 Å². The maximum atomic E-state index is 12.6. The molecule has 1 heterocycles. The minimum absolute atomic E-state index is 0.000844. The van der Waals surface area contributed by atoms with Crippen LogP contribution in [0, 0.1) is 33.8 Å². The smallest absolute Gasteiger partial charge is 0.270 e. The van der Waals surface area contributed by atoms with Crippen LogP contribution in [0.3, 0.4) is 0 Å². The zero-order valence-corrected chi connectivity index (χ0v) is 18.1. The average molecular weight is 462 g/mol. The number of nitro groups is 1. The highest BCUT2D eigenvalue weighted by atomic mass is 35.5. The summed E-state index contributed by atoms with van der Waals surface area (Å²) < 4.78 is 6.28. The van der Waals surface area contributed by atoms with E-state index in [1.54, 1.807) is 6.07 Å². The summed E-state index contributed by atoms with van der Waals surface area (Å²) in [5, 5.41) is 14.0. The number of hydrogen-bond donors (Lipinski definition) is 1. The quantitative estimate of drug-likeness (QED) is 0.451. The van der Waals surface area contributed by atoms with Gasteiger partial charge in [-0.3, -0.25) is 14.9 Å². The maximum absolute atomic E-state index is 12.6. The number of halogens is 2. The van der Waals surface area contributed by atoms with Crippen LogP contribution in [-0.4, -0.2) is 21.9 Å². The Labute approximate surface area is 189 Å². The van der Waals surface area contributed by atoms with Crippen molar-refractivity contribution in [1.29, 1.82) is 0 Å². The second kappa shape index (κ2) is 7.95. The molecule has 1 amide bonds. The third-order valence-corrected chi connectivity index (χ3v) is 7.46. The third kappa shape index (κ3) is 3.96. The molecule has 31 heavy (non-hydrogen) atoms. The number of nitrogens with one attached hydrogen (secondary N) is 1. The summed E-state index contributed by atoms with van der Waals surface area (Å²) >= 11 is 12.5. The van der Waals surface area contributed by atoms with Crippen LogP contribution in [0.25, 0.3) is 0 Å². The third-order valence-electron chi connectivity index (χ3n) is 6.86. The lowest BCUT2D eigenvalue weighted by Gasteiger charge is -2.53. The van der Waals surface area contributed by atoms with Crippen molar-refractivity contribution in [3.8, 4) is 5.88 Å². The molecule has 0 saturated heterocycles. The number of hydrogen-bond acceptors (Lipinski definition) is 5. The Hall–Kier alpha value is -2.38. The van der Waals surface area contributed by atoms with Gasteiger partial charge < -0.3 is 10.1 Å². The Kier molecular flexibility index (Phi) is 5.26. The van der Waals surface area contributed by atoms with Gasteiger partial charge in [0.1, 0.15) is 11.1 Å². The minimum atomic E-state index is -0.582. The molecule has 2 aromatic rings. The van der Waals surface area contributed by atoms with Crippen LogP contribution in [0.2, 0.25) is 10.0 Å². The van der Waals surface area contributed by atoms with Crippen LogP contribution in [0.15, 0.2) is 30.5 Å². The van der Waals surface area contributed by atoms with E-state index in [9.17, 15) is 14.9 Å². The molecular formula is C22H21Cl2N3O4. The van der Waals surface area contributed by atoms with E-state index in [-0.39, 0.29) is 22.4 Å². The molecule has 1 N–H and O–H groups in total. The van der Waals surface area contributed by atoms with Crippen molar-refractivity contribution in [2.45, 2.75) is 38.2 Å². The van der Waals surface area contributed by atoms with Crippen molar-refractivity contribution in [3.63, 3.8) is 0 Å². The molecule has 4 bridgehead atoms. The molecule has 1 aromatic carbocycles. The summed E-state index contributed by atoms with van der Waals surface area (Å²) in [4.78, 5) is 27.3. The fraction of sp³-hybridized carbons (Fsp3) is 0.455. The number of rotatable bonds is 5. The standard InChI is InChI=1S/C22H21Cl2N3O4/c23-18-2-1-16(27(29)30)9-17(18)21(28)26-15-8-19(24)22(25-10-15)31-20-13-4-11-3-12(6-13)7-14(20)5-11/h1-2,8-14,20H,3-7H2,(H,26,28). The van der Waals surface area contributed by atoms with E-state index < -0.39 is 10.8 Å². The molecule has 0 spiro atoms. The lowest BCUT2D eigenvalue weighted by Crippen LogP contribution is -2.50. The van der Waals surface area contributed by atoms with Crippen LogP contribution in [0.1, 0.15) is 42.5 Å². The molecule has 7 nitrogen and oxygen atoms in total. The lowest BCUT2D eigenvalue weighted by atomic mass is 9.55. The van der Waals surface area contributed by atoms with Crippen molar-refractivity contribution in [2.75, 3.05) is 5.32 Å². The van der Waals surface area contributed by atoms with Crippen LogP contribution in [0.5, 0.6) is 5.88 Å².